The first-order chi connectivity index (χ1) is 10.5. The van der Waals surface area contributed by atoms with Crippen molar-refractivity contribution in [3.63, 3.8) is 0 Å². The molecule has 3 rings (SSSR count). The summed E-state index contributed by atoms with van der Waals surface area (Å²) >= 11 is 0. The quantitative estimate of drug-likeness (QED) is 0.897. The van der Waals surface area contributed by atoms with E-state index >= 15 is 0 Å². The highest BCUT2D eigenvalue weighted by atomic mass is 19.1. The second-order valence-electron chi connectivity index (χ2n) is 5.68. The van der Waals surface area contributed by atoms with Crippen LogP contribution in [0.25, 0.3) is 0 Å². The van der Waals surface area contributed by atoms with Crippen molar-refractivity contribution in [2.45, 2.75) is 37.3 Å². The summed E-state index contributed by atoms with van der Waals surface area (Å²) in [7, 11) is 0. The lowest BCUT2D eigenvalue weighted by atomic mass is 9.87. The summed E-state index contributed by atoms with van der Waals surface area (Å²) in [6.07, 6.45) is 1.23. The third-order valence-electron chi connectivity index (χ3n) is 4.24. The SMILES string of the molecule is O=C1NC[C@@H](C(=O)NC2(c3ccc(F)cc3F)CCCC2)O1. The Hall–Kier alpha value is -2.18. The first-order valence-electron chi connectivity index (χ1n) is 7.22. The molecule has 2 N–H and O–H groups in total. The predicted octanol–water partition coefficient (Wildman–Crippen LogP) is 1.96. The molecule has 2 fully saturated rings. The molecule has 1 saturated heterocycles. The predicted molar refractivity (Wildman–Crippen MR) is 72.9 cm³/mol. The highest BCUT2D eigenvalue weighted by Crippen LogP contribution is 2.40. The van der Waals surface area contributed by atoms with Gasteiger partial charge in [-0.15, -0.1) is 0 Å². The van der Waals surface area contributed by atoms with Gasteiger partial charge in [0.25, 0.3) is 5.91 Å². The fourth-order valence-corrected chi connectivity index (χ4v) is 3.17. The largest absolute Gasteiger partial charge is 0.434 e. The molecule has 22 heavy (non-hydrogen) atoms. The van der Waals surface area contributed by atoms with Crippen molar-refractivity contribution in [2.75, 3.05) is 6.54 Å². The highest BCUT2D eigenvalue weighted by molar-refractivity contribution is 5.86. The lowest BCUT2D eigenvalue weighted by molar-refractivity contribution is -0.129. The van der Waals surface area contributed by atoms with Crippen LogP contribution in [0.3, 0.4) is 0 Å². The standard InChI is InChI=1S/C15H16F2N2O3/c16-9-3-4-10(11(17)7-9)15(5-1-2-6-15)19-13(20)12-8-18-14(21)22-12/h3-4,7,12H,1-2,5-6,8H2,(H,18,21)(H,19,20)/t12-/m0/s1. The van der Waals surface area contributed by atoms with E-state index in [1.165, 1.54) is 12.1 Å². The molecule has 7 heteroatoms. The summed E-state index contributed by atoms with van der Waals surface area (Å²) in [6, 6.07) is 3.37. The molecule has 0 spiro atoms. The van der Waals surface area contributed by atoms with Gasteiger partial charge in [-0.25, -0.2) is 13.6 Å². The van der Waals surface area contributed by atoms with Gasteiger partial charge in [-0.3, -0.25) is 4.79 Å². The van der Waals surface area contributed by atoms with Gasteiger partial charge in [0, 0.05) is 11.6 Å². The molecule has 2 aliphatic rings. The average molecular weight is 310 g/mol. The van der Waals surface area contributed by atoms with Crippen molar-refractivity contribution in [3.05, 3.63) is 35.4 Å². The minimum Gasteiger partial charge on any atom is -0.434 e. The number of carbonyl (C=O) groups excluding carboxylic acids is 2. The van der Waals surface area contributed by atoms with Crippen LogP contribution in [0.2, 0.25) is 0 Å². The summed E-state index contributed by atoms with van der Waals surface area (Å²) in [5.41, 5.74) is -0.596. The molecule has 1 aliphatic heterocycles. The Kier molecular flexibility index (Phi) is 3.72. The third-order valence-corrected chi connectivity index (χ3v) is 4.24. The molecule has 1 saturated carbocycles. The number of alkyl carbamates (subject to hydrolysis) is 1. The lowest BCUT2D eigenvalue weighted by Crippen LogP contribution is -2.49. The summed E-state index contributed by atoms with van der Waals surface area (Å²) < 4.78 is 32.1. The van der Waals surface area contributed by atoms with Crippen LogP contribution in [0.4, 0.5) is 13.6 Å². The Morgan fingerprint density at radius 1 is 1.32 bits per heavy atom. The Morgan fingerprint density at radius 2 is 2.05 bits per heavy atom. The smallest absolute Gasteiger partial charge is 0.408 e. The van der Waals surface area contributed by atoms with Gasteiger partial charge in [-0.05, 0) is 18.9 Å². The van der Waals surface area contributed by atoms with E-state index < -0.39 is 35.3 Å². The van der Waals surface area contributed by atoms with E-state index in [4.69, 9.17) is 4.74 Å². The topological polar surface area (TPSA) is 67.4 Å². The number of hydrogen-bond acceptors (Lipinski definition) is 3. The number of nitrogens with one attached hydrogen (secondary N) is 2. The van der Waals surface area contributed by atoms with Crippen molar-refractivity contribution in [1.82, 2.24) is 10.6 Å². The monoisotopic (exact) mass is 310 g/mol. The molecule has 0 aromatic heterocycles. The van der Waals surface area contributed by atoms with Crippen LogP contribution in [0, 0.1) is 11.6 Å². The maximum Gasteiger partial charge on any atom is 0.408 e. The summed E-state index contributed by atoms with van der Waals surface area (Å²) in [5, 5.41) is 5.21. The molecule has 1 aliphatic carbocycles. The van der Waals surface area contributed by atoms with Gasteiger partial charge in [-0.1, -0.05) is 18.9 Å². The van der Waals surface area contributed by atoms with Crippen LogP contribution in [-0.4, -0.2) is 24.6 Å². The molecule has 118 valence electrons. The van der Waals surface area contributed by atoms with Crippen molar-refractivity contribution in [3.8, 4) is 0 Å². The number of hydrogen-bond donors (Lipinski definition) is 2. The zero-order valence-corrected chi connectivity index (χ0v) is 11.8. The number of rotatable bonds is 3. The van der Waals surface area contributed by atoms with Gasteiger partial charge in [0.1, 0.15) is 11.6 Å². The van der Waals surface area contributed by atoms with Gasteiger partial charge in [0.05, 0.1) is 12.1 Å². The van der Waals surface area contributed by atoms with E-state index in [1.54, 1.807) is 0 Å². The summed E-state index contributed by atoms with van der Waals surface area (Å²) in [6.45, 7) is 0.0899. The van der Waals surface area contributed by atoms with E-state index in [0.29, 0.717) is 12.8 Å². The first-order valence-corrected chi connectivity index (χ1v) is 7.22. The van der Waals surface area contributed by atoms with Crippen LogP contribution >= 0.6 is 0 Å². The number of benzene rings is 1. The number of carbonyl (C=O) groups is 2. The van der Waals surface area contributed by atoms with Crippen molar-refractivity contribution in [2.24, 2.45) is 0 Å². The van der Waals surface area contributed by atoms with Crippen molar-refractivity contribution in [1.29, 1.82) is 0 Å². The van der Waals surface area contributed by atoms with Gasteiger partial charge in [0.2, 0.25) is 0 Å². The number of cyclic esters (lactones) is 1. The first kappa shape index (κ1) is 14.7. The summed E-state index contributed by atoms with van der Waals surface area (Å²) in [5.74, 6) is -1.80. The Bertz CT molecular complexity index is 615. The molecular weight excluding hydrogens is 294 g/mol. The second-order valence-corrected chi connectivity index (χ2v) is 5.68. The fraction of sp³-hybridized carbons (Fsp3) is 0.467. The van der Waals surface area contributed by atoms with Crippen LogP contribution in [0.15, 0.2) is 18.2 Å². The van der Waals surface area contributed by atoms with Crippen LogP contribution in [0.5, 0.6) is 0 Å². The molecular formula is C15H16F2N2O3. The van der Waals surface area contributed by atoms with Crippen LogP contribution in [0.1, 0.15) is 31.2 Å². The molecule has 0 bridgehead atoms. The lowest BCUT2D eigenvalue weighted by Gasteiger charge is -2.32. The normalized spacial score (nSPS) is 23.0. The Labute approximate surface area is 126 Å². The number of halogens is 2. The van der Waals surface area contributed by atoms with Gasteiger partial charge in [-0.2, -0.15) is 0 Å². The molecule has 1 aromatic rings. The fourth-order valence-electron chi connectivity index (χ4n) is 3.17. The molecule has 2 amide bonds. The number of amides is 2. The van der Waals surface area contributed by atoms with Crippen LogP contribution in [-0.2, 0) is 15.1 Å². The Balaban J connectivity index is 1.85. The van der Waals surface area contributed by atoms with Crippen molar-refractivity contribution < 1.29 is 23.1 Å². The summed E-state index contributed by atoms with van der Waals surface area (Å²) in [4.78, 5) is 23.3. The molecule has 0 radical (unpaired) electrons. The highest BCUT2D eigenvalue weighted by Gasteiger charge is 2.42. The van der Waals surface area contributed by atoms with Gasteiger partial charge in [0.15, 0.2) is 6.10 Å². The van der Waals surface area contributed by atoms with E-state index in [9.17, 15) is 18.4 Å². The maximum atomic E-state index is 14.1. The zero-order chi connectivity index (χ0) is 15.7. The maximum absolute atomic E-state index is 14.1. The average Bonchev–Trinajstić information content (AvgIpc) is 3.08. The Morgan fingerprint density at radius 3 is 2.64 bits per heavy atom. The van der Waals surface area contributed by atoms with E-state index in [1.807, 2.05) is 0 Å². The second kappa shape index (κ2) is 5.55. The van der Waals surface area contributed by atoms with Gasteiger partial charge < -0.3 is 15.4 Å². The minimum atomic E-state index is -0.923. The van der Waals surface area contributed by atoms with E-state index in [0.717, 1.165) is 18.9 Å². The van der Waals surface area contributed by atoms with E-state index in [-0.39, 0.29) is 12.1 Å². The molecule has 5 nitrogen and oxygen atoms in total. The molecule has 0 unspecified atom stereocenters. The molecule has 1 heterocycles. The zero-order valence-electron chi connectivity index (χ0n) is 11.8. The third kappa shape index (κ3) is 2.63. The minimum absolute atomic E-state index is 0.0899. The molecule has 1 aromatic carbocycles. The van der Waals surface area contributed by atoms with Crippen LogP contribution < -0.4 is 10.6 Å². The molecule has 1 atom stereocenters. The van der Waals surface area contributed by atoms with Gasteiger partial charge >= 0.3 is 6.09 Å². The van der Waals surface area contributed by atoms with E-state index in [2.05, 4.69) is 10.6 Å². The van der Waals surface area contributed by atoms with Crippen molar-refractivity contribution >= 4 is 12.0 Å². The number of ether oxygens (including phenoxy) is 1.